The zero-order valence-electron chi connectivity index (χ0n) is 10.6. The summed E-state index contributed by atoms with van der Waals surface area (Å²) in [6.45, 7) is 6.20. The molecule has 1 aromatic carbocycles. The lowest BCUT2D eigenvalue weighted by molar-refractivity contribution is 0.174. The minimum absolute atomic E-state index is 0.0560. The summed E-state index contributed by atoms with van der Waals surface area (Å²) in [7, 11) is 0. The molecule has 2 aromatic rings. The maximum absolute atomic E-state index is 12.1. The zero-order valence-corrected chi connectivity index (χ0v) is 10.6. The fraction of sp³-hybridized carbons (Fsp3) is 0.357. The Kier molecular flexibility index (Phi) is 2.17. The minimum atomic E-state index is -0.205. The highest BCUT2D eigenvalue weighted by Gasteiger charge is 2.21. The Labute approximate surface area is 104 Å². The highest BCUT2D eigenvalue weighted by atomic mass is 16.7. The second-order valence-corrected chi connectivity index (χ2v) is 5.43. The van der Waals surface area contributed by atoms with E-state index in [-0.39, 0.29) is 17.6 Å². The van der Waals surface area contributed by atoms with Crippen molar-refractivity contribution in [3.05, 3.63) is 34.2 Å². The number of fused-ring (bicyclic) bond motifs is 2. The van der Waals surface area contributed by atoms with Crippen LogP contribution in [0, 0.1) is 0 Å². The van der Waals surface area contributed by atoms with Gasteiger partial charge in [-0.3, -0.25) is 4.79 Å². The van der Waals surface area contributed by atoms with Crippen LogP contribution in [-0.4, -0.2) is 6.79 Å². The van der Waals surface area contributed by atoms with Gasteiger partial charge in [0.05, 0.1) is 5.39 Å². The summed E-state index contributed by atoms with van der Waals surface area (Å²) >= 11 is 0. The maximum atomic E-state index is 12.1. The highest BCUT2D eigenvalue weighted by Crippen LogP contribution is 2.36. The van der Waals surface area contributed by atoms with Crippen molar-refractivity contribution in [1.29, 1.82) is 0 Å². The Bertz CT molecular complexity index is 676. The predicted molar refractivity (Wildman–Crippen MR) is 67.3 cm³/mol. The van der Waals surface area contributed by atoms with E-state index >= 15 is 0 Å². The Morgan fingerprint density at radius 3 is 2.39 bits per heavy atom. The van der Waals surface area contributed by atoms with Crippen LogP contribution >= 0.6 is 0 Å². The molecule has 0 saturated carbocycles. The van der Waals surface area contributed by atoms with Gasteiger partial charge in [-0.1, -0.05) is 20.8 Å². The quantitative estimate of drug-likeness (QED) is 0.717. The molecule has 0 unspecified atom stereocenters. The second-order valence-electron chi connectivity index (χ2n) is 5.43. The van der Waals surface area contributed by atoms with Crippen molar-refractivity contribution in [2.45, 2.75) is 26.2 Å². The molecule has 0 atom stereocenters. The molecule has 18 heavy (non-hydrogen) atoms. The summed E-state index contributed by atoms with van der Waals surface area (Å²) in [5, 5.41) is 0.521. The van der Waals surface area contributed by atoms with Gasteiger partial charge in [-0.15, -0.1) is 0 Å². The molecular formula is C14H14O4. The fourth-order valence-corrected chi connectivity index (χ4v) is 1.91. The van der Waals surface area contributed by atoms with Crippen molar-refractivity contribution in [1.82, 2.24) is 0 Å². The van der Waals surface area contributed by atoms with E-state index in [4.69, 9.17) is 13.9 Å². The van der Waals surface area contributed by atoms with Crippen molar-refractivity contribution in [2.75, 3.05) is 6.79 Å². The van der Waals surface area contributed by atoms with Gasteiger partial charge in [-0.05, 0) is 6.07 Å². The monoisotopic (exact) mass is 246 g/mol. The van der Waals surface area contributed by atoms with Crippen LogP contribution < -0.4 is 14.9 Å². The van der Waals surface area contributed by atoms with Gasteiger partial charge in [0.2, 0.25) is 6.79 Å². The number of rotatable bonds is 0. The summed E-state index contributed by atoms with van der Waals surface area (Å²) in [6.07, 6.45) is 0. The second kappa shape index (κ2) is 3.51. The van der Waals surface area contributed by atoms with Crippen molar-refractivity contribution in [3.8, 4) is 11.5 Å². The van der Waals surface area contributed by atoms with Gasteiger partial charge in [0, 0.05) is 17.5 Å². The van der Waals surface area contributed by atoms with Crippen LogP contribution in [0.15, 0.2) is 27.4 Å². The van der Waals surface area contributed by atoms with Gasteiger partial charge in [0.15, 0.2) is 16.9 Å². The van der Waals surface area contributed by atoms with E-state index < -0.39 is 0 Å². The summed E-state index contributed by atoms with van der Waals surface area (Å²) in [5.74, 6) is 1.88. The van der Waals surface area contributed by atoms with Crippen LogP contribution in [0.1, 0.15) is 26.5 Å². The third-order valence-electron chi connectivity index (χ3n) is 2.96. The van der Waals surface area contributed by atoms with Gasteiger partial charge in [-0.25, -0.2) is 0 Å². The lowest BCUT2D eigenvalue weighted by Crippen LogP contribution is -2.14. The van der Waals surface area contributed by atoms with Gasteiger partial charge in [0.1, 0.15) is 11.3 Å². The first kappa shape index (κ1) is 11.1. The molecule has 0 spiro atoms. The molecule has 1 aliphatic rings. The third kappa shape index (κ3) is 1.65. The summed E-state index contributed by atoms with van der Waals surface area (Å²) in [4.78, 5) is 12.1. The Hall–Kier alpha value is -1.97. The number of hydrogen-bond acceptors (Lipinski definition) is 4. The van der Waals surface area contributed by atoms with E-state index in [0.29, 0.717) is 28.2 Å². The number of ether oxygens (including phenoxy) is 2. The first-order valence-corrected chi connectivity index (χ1v) is 5.83. The molecular weight excluding hydrogens is 232 g/mol. The first-order valence-electron chi connectivity index (χ1n) is 5.83. The van der Waals surface area contributed by atoms with Crippen molar-refractivity contribution < 1.29 is 13.9 Å². The first-order chi connectivity index (χ1) is 8.45. The molecule has 0 bridgehead atoms. The van der Waals surface area contributed by atoms with Crippen LogP contribution in [-0.2, 0) is 5.41 Å². The molecule has 3 rings (SSSR count). The molecule has 0 fully saturated rings. The average molecular weight is 246 g/mol. The largest absolute Gasteiger partial charge is 0.460 e. The van der Waals surface area contributed by atoms with Gasteiger partial charge >= 0.3 is 0 Å². The molecule has 0 N–H and O–H groups in total. The van der Waals surface area contributed by atoms with Crippen molar-refractivity contribution >= 4 is 11.0 Å². The van der Waals surface area contributed by atoms with Crippen LogP contribution in [0.5, 0.6) is 11.5 Å². The Morgan fingerprint density at radius 1 is 1.06 bits per heavy atom. The van der Waals surface area contributed by atoms with Crippen LogP contribution in [0.4, 0.5) is 0 Å². The van der Waals surface area contributed by atoms with Crippen LogP contribution in [0.2, 0.25) is 0 Å². The van der Waals surface area contributed by atoms with E-state index in [1.807, 2.05) is 20.8 Å². The smallest absolute Gasteiger partial charge is 0.231 e. The third-order valence-corrected chi connectivity index (χ3v) is 2.96. The van der Waals surface area contributed by atoms with Gasteiger partial charge in [0.25, 0.3) is 0 Å². The Balaban J connectivity index is 2.31. The molecule has 0 saturated heterocycles. The molecule has 94 valence electrons. The number of benzene rings is 1. The van der Waals surface area contributed by atoms with Crippen LogP contribution in [0.3, 0.4) is 0 Å². The standard InChI is InChI=1S/C14H14O4/c1-14(2,3)13-5-9(15)8-4-11-12(17-7-16-11)6-10(8)18-13/h4-6H,7H2,1-3H3. The molecule has 4 heteroatoms. The van der Waals surface area contributed by atoms with Gasteiger partial charge in [-0.2, -0.15) is 0 Å². The summed E-state index contributed by atoms with van der Waals surface area (Å²) in [6, 6.07) is 4.94. The van der Waals surface area contributed by atoms with E-state index in [2.05, 4.69) is 0 Å². The average Bonchev–Trinajstić information content (AvgIpc) is 2.72. The Morgan fingerprint density at radius 2 is 1.72 bits per heavy atom. The minimum Gasteiger partial charge on any atom is -0.460 e. The SMILES string of the molecule is CC(C)(C)c1cc(=O)c2cc3c(cc2o1)OCO3. The zero-order chi connectivity index (χ0) is 12.9. The topological polar surface area (TPSA) is 48.7 Å². The predicted octanol–water partition coefficient (Wildman–Crippen LogP) is 2.82. The molecule has 0 radical (unpaired) electrons. The molecule has 1 aromatic heterocycles. The van der Waals surface area contributed by atoms with Crippen molar-refractivity contribution in [2.24, 2.45) is 0 Å². The fourth-order valence-electron chi connectivity index (χ4n) is 1.91. The maximum Gasteiger partial charge on any atom is 0.231 e. The lowest BCUT2D eigenvalue weighted by Gasteiger charge is -2.17. The summed E-state index contributed by atoms with van der Waals surface area (Å²) in [5.41, 5.74) is 0.278. The van der Waals surface area contributed by atoms with E-state index in [0.717, 1.165) is 0 Å². The lowest BCUT2D eigenvalue weighted by atomic mass is 9.92. The molecule has 0 amide bonds. The van der Waals surface area contributed by atoms with E-state index in [1.54, 1.807) is 18.2 Å². The molecule has 4 nitrogen and oxygen atoms in total. The van der Waals surface area contributed by atoms with Gasteiger partial charge < -0.3 is 13.9 Å². The molecule has 2 heterocycles. The van der Waals surface area contributed by atoms with Crippen molar-refractivity contribution in [3.63, 3.8) is 0 Å². The van der Waals surface area contributed by atoms with E-state index in [9.17, 15) is 4.79 Å². The summed E-state index contributed by atoms with van der Waals surface area (Å²) < 4.78 is 16.3. The van der Waals surface area contributed by atoms with Crippen LogP contribution in [0.25, 0.3) is 11.0 Å². The van der Waals surface area contributed by atoms with E-state index in [1.165, 1.54) is 0 Å². The normalized spacial score (nSPS) is 14.2. The molecule has 1 aliphatic heterocycles. The highest BCUT2D eigenvalue weighted by molar-refractivity contribution is 5.81. The molecule has 0 aliphatic carbocycles. The number of hydrogen-bond donors (Lipinski definition) is 0.